The fourth-order valence-electron chi connectivity index (χ4n) is 4.15. The fourth-order valence-corrected chi connectivity index (χ4v) is 4.15. The summed E-state index contributed by atoms with van der Waals surface area (Å²) in [6.45, 7) is 3.15. The van der Waals surface area contributed by atoms with Gasteiger partial charge in [-0.1, -0.05) is 19.1 Å². The van der Waals surface area contributed by atoms with E-state index in [-0.39, 0.29) is 5.75 Å². The van der Waals surface area contributed by atoms with Crippen molar-refractivity contribution in [3.63, 3.8) is 0 Å². The van der Waals surface area contributed by atoms with Crippen LogP contribution in [0.3, 0.4) is 0 Å². The maximum atomic E-state index is 12.5. The molecule has 1 saturated heterocycles. The molecule has 0 radical (unpaired) electrons. The maximum Gasteiger partial charge on any atom is 0.573 e. The lowest BCUT2D eigenvalue weighted by Crippen LogP contribution is -2.63. The van der Waals surface area contributed by atoms with Gasteiger partial charge in [0.25, 0.3) is 0 Å². The van der Waals surface area contributed by atoms with Crippen LogP contribution in [0.15, 0.2) is 42.5 Å². The summed E-state index contributed by atoms with van der Waals surface area (Å²) in [4.78, 5) is 2.06. The molecule has 158 valence electrons. The van der Waals surface area contributed by atoms with E-state index < -0.39 is 17.4 Å². The van der Waals surface area contributed by atoms with Gasteiger partial charge >= 0.3 is 6.36 Å². The van der Waals surface area contributed by atoms with E-state index in [1.54, 1.807) is 18.2 Å². The Balaban J connectivity index is 2.11. The molecule has 1 fully saturated rings. The Morgan fingerprint density at radius 3 is 1.83 bits per heavy atom. The molecule has 29 heavy (non-hydrogen) atoms. The number of benzene rings is 2. The summed E-state index contributed by atoms with van der Waals surface area (Å²) in [7, 11) is 4.97. The Morgan fingerprint density at radius 1 is 0.897 bits per heavy atom. The average molecular weight is 411 g/mol. The molecule has 1 aliphatic heterocycles. The molecule has 0 aliphatic carbocycles. The smallest absolute Gasteiger partial charge is 0.497 e. The fraction of sp³-hybridized carbons (Fsp3) is 0.429. The third-order valence-corrected chi connectivity index (χ3v) is 5.39. The number of methoxy groups -OCH3 is 2. The van der Waals surface area contributed by atoms with Crippen molar-refractivity contribution in [3.8, 4) is 17.2 Å². The van der Waals surface area contributed by atoms with Crippen molar-refractivity contribution < 1.29 is 32.5 Å². The molecule has 5 nitrogen and oxygen atoms in total. The first-order valence-corrected chi connectivity index (χ1v) is 9.01. The number of alkyl halides is 3. The summed E-state index contributed by atoms with van der Waals surface area (Å²) >= 11 is 0. The van der Waals surface area contributed by atoms with Gasteiger partial charge in [0, 0.05) is 24.6 Å². The van der Waals surface area contributed by atoms with Crippen molar-refractivity contribution in [2.24, 2.45) is 5.41 Å². The van der Waals surface area contributed by atoms with E-state index in [4.69, 9.17) is 9.47 Å². The molecule has 1 aliphatic rings. The minimum atomic E-state index is -4.78. The zero-order chi connectivity index (χ0) is 21.4. The molecule has 1 N–H and O–H groups in total. The molecule has 1 atom stereocenters. The Labute approximate surface area is 167 Å². The van der Waals surface area contributed by atoms with Crippen molar-refractivity contribution in [3.05, 3.63) is 53.6 Å². The summed E-state index contributed by atoms with van der Waals surface area (Å²) in [6.07, 6.45) is -4.78. The molecule has 0 bridgehead atoms. The van der Waals surface area contributed by atoms with E-state index in [2.05, 4.69) is 9.64 Å². The highest BCUT2D eigenvalue weighted by Crippen LogP contribution is 2.51. The normalized spacial score (nSPS) is 18.5. The van der Waals surface area contributed by atoms with Crippen LogP contribution in [-0.2, 0) is 5.60 Å². The van der Waals surface area contributed by atoms with Crippen molar-refractivity contribution in [1.29, 1.82) is 0 Å². The highest BCUT2D eigenvalue weighted by Gasteiger charge is 2.55. The van der Waals surface area contributed by atoms with Crippen molar-refractivity contribution in [2.75, 3.05) is 34.4 Å². The minimum absolute atomic E-state index is 0.345. The molecule has 0 spiro atoms. The molecule has 1 heterocycles. The first-order chi connectivity index (χ1) is 13.5. The lowest BCUT2D eigenvalue weighted by atomic mass is 9.62. The first kappa shape index (κ1) is 21.3. The lowest BCUT2D eigenvalue weighted by Gasteiger charge is -2.56. The summed E-state index contributed by atoms with van der Waals surface area (Å²) in [5.74, 6) is 0.667. The second-order valence-corrected chi connectivity index (χ2v) is 7.62. The van der Waals surface area contributed by atoms with Crippen molar-refractivity contribution in [2.45, 2.75) is 18.9 Å². The van der Waals surface area contributed by atoms with Crippen LogP contribution in [0.5, 0.6) is 17.2 Å². The minimum Gasteiger partial charge on any atom is -0.497 e. The van der Waals surface area contributed by atoms with Crippen molar-refractivity contribution in [1.82, 2.24) is 4.90 Å². The molecule has 3 rings (SSSR count). The van der Waals surface area contributed by atoms with Gasteiger partial charge in [-0.2, -0.15) is 0 Å². The largest absolute Gasteiger partial charge is 0.573 e. The molecule has 0 unspecified atom stereocenters. The molecule has 0 amide bonds. The van der Waals surface area contributed by atoms with E-state index in [1.165, 1.54) is 38.5 Å². The van der Waals surface area contributed by atoms with Crippen molar-refractivity contribution >= 4 is 0 Å². The zero-order valence-corrected chi connectivity index (χ0v) is 16.7. The number of hydrogen-bond acceptors (Lipinski definition) is 5. The Morgan fingerprint density at radius 2 is 1.41 bits per heavy atom. The summed E-state index contributed by atoms with van der Waals surface area (Å²) in [5, 5.41) is 12.0. The Bertz CT molecular complexity index is 841. The highest BCUT2D eigenvalue weighted by atomic mass is 19.4. The Hall–Kier alpha value is -2.45. The lowest BCUT2D eigenvalue weighted by molar-refractivity contribution is -0.274. The number of aliphatic hydroxyl groups is 1. The van der Waals surface area contributed by atoms with E-state index in [9.17, 15) is 18.3 Å². The molecule has 2 aromatic rings. The van der Waals surface area contributed by atoms with Crippen LogP contribution in [0.1, 0.15) is 18.1 Å². The number of likely N-dealkylation sites (tertiary alicyclic amines) is 1. The standard InChI is InChI=1S/C21H24F3NO4/c1-19(12-25(2)13-19)20(26,15-9-17(27-3)11-18(10-15)28-4)14-5-7-16(8-6-14)29-21(22,23)24/h5-11,26H,12-13H2,1-4H3/t20-/m1/s1. The van der Waals surface area contributed by atoms with Gasteiger partial charge < -0.3 is 24.2 Å². The summed E-state index contributed by atoms with van der Waals surface area (Å²) < 4.78 is 52.1. The van der Waals surface area contributed by atoms with E-state index in [1.807, 2.05) is 14.0 Å². The average Bonchev–Trinajstić information content (AvgIpc) is 2.65. The molecular formula is C21H24F3NO4. The second-order valence-electron chi connectivity index (χ2n) is 7.62. The first-order valence-electron chi connectivity index (χ1n) is 9.01. The van der Waals surface area contributed by atoms with Crippen LogP contribution in [0.2, 0.25) is 0 Å². The van der Waals surface area contributed by atoms with Crippen LogP contribution >= 0.6 is 0 Å². The van der Waals surface area contributed by atoms with E-state index >= 15 is 0 Å². The summed E-state index contributed by atoms with van der Waals surface area (Å²) in [6, 6.07) is 10.4. The van der Waals surface area contributed by atoms with Gasteiger partial charge in [0.1, 0.15) is 22.8 Å². The maximum absolute atomic E-state index is 12.5. The van der Waals surface area contributed by atoms with Crippen LogP contribution in [0, 0.1) is 5.41 Å². The number of ether oxygens (including phenoxy) is 3. The number of hydrogen-bond donors (Lipinski definition) is 1. The highest BCUT2D eigenvalue weighted by molar-refractivity contribution is 5.48. The number of nitrogens with zero attached hydrogens (tertiary/aromatic N) is 1. The predicted octanol–water partition coefficient (Wildman–Crippen LogP) is 3.79. The van der Waals surface area contributed by atoms with Gasteiger partial charge in [-0.25, -0.2) is 0 Å². The van der Waals surface area contributed by atoms with Crippen LogP contribution in [0.4, 0.5) is 13.2 Å². The summed E-state index contributed by atoms with van der Waals surface area (Å²) in [5.41, 5.74) is -1.07. The number of rotatable bonds is 6. The monoisotopic (exact) mass is 411 g/mol. The second kappa shape index (κ2) is 7.42. The third-order valence-electron chi connectivity index (χ3n) is 5.39. The number of halogens is 3. The van der Waals surface area contributed by atoms with Crippen LogP contribution in [-0.4, -0.2) is 50.7 Å². The van der Waals surface area contributed by atoms with Crippen LogP contribution in [0.25, 0.3) is 0 Å². The van der Waals surface area contributed by atoms with Gasteiger partial charge in [0.05, 0.1) is 14.2 Å². The van der Waals surface area contributed by atoms with Gasteiger partial charge in [-0.05, 0) is 42.4 Å². The van der Waals surface area contributed by atoms with E-state index in [0.717, 1.165) is 0 Å². The molecule has 0 saturated carbocycles. The van der Waals surface area contributed by atoms with Gasteiger partial charge in [0.2, 0.25) is 0 Å². The quantitative estimate of drug-likeness (QED) is 0.784. The van der Waals surface area contributed by atoms with Gasteiger partial charge in [-0.15, -0.1) is 13.2 Å². The molecule has 0 aromatic heterocycles. The predicted molar refractivity (Wildman–Crippen MR) is 101 cm³/mol. The van der Waals surface area contributed by atoms with E-state index in [0.29, 0.717) is 35.7 Å². The molecule has 2 aromatic carbocycles. The SMILES string of the molecule is COc1cc(OC)cc([C@](O)(c2ccc(OC(F)(F)F)cc2)C2(C)CN(C)C2)c1. The zero-order valence-electron chi connectivity index (χ0n) is 16.7. The molecular weight excluding hydrogens is 387 g/mol. The van der Waals surface area contributed by atoms with Gasteiger partial charge in [0.15, 0.2) is 0 Å². The Kier molecular flexibility index (Phi) is 5.44. The topological polar surface area (TPSA) is 51.2 Å². The third kappa shape index (κ3) is 4.00. The van der Waals surface area contributed by atoms with Gasteiger partial charge in [-0.3, -0.25) is 0 Å². The van der Waals surface area contributed by atoms with Crippen LogP contribution < -0.4 is 14.2 Å². The molecule has 8 heteroatoms.